The fraction of sp³-hybridized carbons (Fsp3) is 0.600. The van der Waals surface area contributed by atoms with Gasteiger partial charge in [-0.25, -0.2) is 4.79 Å². The number of hydrogen-bond acceptors (Lipinski definition) is 4. The van der Waals surface area contributed by atoms with Gasteiger partial charge in [-0.05, 0) is 55.5 Å². The summed E-state index contributed by atoms with van der Waals surface area (Å²) in [4.78, 5) is 26.1. The minimum atomic E-state index is -0.749. The van der Waals surface area contributed by atoms with Crippen molar-refractivity contribution in [2.45, 2.75) is 70.6 Å². The van der Waals surface area contributed by atoms with E-state index >= 15 is 0 Å². The maximum Gasteiger partial charge on any atom is 0.414 e. The summed E-state index contributed by atoms with van der Waals surface area (Å²) in [7, 11) is -0.749. The first-order valence-corrected chi connectivity index (χ1v) is 10.6. The number of nitrogens with zero attached hydrogens (tertiary/aromatic N) is 1. The molecule has 0 bridgehead atoms. The van der Waals surface area contributed by atoms with E-state index in [9.17, 15) is 9.59 Å². The number of anilines is 1. The topological polar surface area (TPSA) is 55.8 Å². The first kappa shape index (κ1) is 19.1. The van der Waals surface area contributed by atoms with E-state index in [0.29, 0.717) is 13.0 Å². The number of aryl methyl sites for hydroxylation is 1. The summed E-state index contributed by atoms with van der Waals surface area (Å²) in [5.41, 5.74) is 2.12. The molecule has 26 heavy (non-hydrogen) atoms. The van der Waals surface area contributed by atoms with Crippen LogP contribution in [0.4, 0.5) is 10.5 Å². The molecule has 1 aliphatic heterocycles. The summed E-state index contributed by atoms with van der Waals surface area (Å²) in [6.07, 6.45) is 1.73. The van der Waals surface area contributed by atoms with Gasteiger partial charge in [0, 0.05) is 17.7 Å². The van der Waals surface area contributed by atoms with Crippen molar-refractivity contribution >= 4 is 27.3 Å². The van der Waals surface area contributed by atoms with Crippen molar-refractivity contribution < 1.29 is 18.8 Å². The fourth-order valence-electron chi connectivity index (χ4n) is 3.33. The van der Waals surface area contributed by atoms with Crippen LogP contribution in [-0.4, -0.2) is 39.9 Å². The molecule has 0 unspecified atom stereocenters. The van der Waals surface area contributed by atoms with Crippen LogP contribution < -0.4 is 4.90 Å². The van der Waals surface area contributed by atoms with Gasteiger partial charge in [-0.15, -0.1) is 0 Å². The molecule has 1 saturated heterocycles. The second-order valence-electron chi connectivity index (χ2n) is 9.05. The second kappa shape index (κ2) is 6.81. The molecule has 0 radical (unpaired) electrons. The maximum atomic E-state index is 12.5. The Morgan fingerprint density at radius 1 is 1.15 bits per heavy atom. The highest BCUT2D eigenvalue weighted by atomic mass is 28.2. The molecule has 0 N–H and O–H groups in total. The third-order valence-electron chi connectivity index (χ3n) is 5.02. The quantitative estimate of drug-likeness (QED) is 0.754. The van der Waals surface area contributed by atoms with Crippen molar-refractivity contribution in [1.82, 2.24) is 0 Å². The number of benzene rings is 1. The first-order chi connectivity index (χ1) is 12.1. The van der Waals surface area contributed by atoms with E-state index in [-0.39, 0.29) is 23.0 Å². The minimum Gasteiger partial charge on any atom is -0.441 e. The SMILES string of the molecule is CC(C)(C)[SiH2]OC(C)(C)[C@H]1CN(c2ccc3c(c2)CCCC3=O)C(=O)O1. The molecule has 1 aromatic rings. The average Bonchev–Trinajstić information content (AvgIpc) is 2.95. The Labute approximate surface area is 158 Å². The van der Waals surface area contributed by atoms with Crippen LogP contribution in [0.15, 0.2) is 18.2 Å². The van der Waals surface area contributed by atoms with Crippen molar-refractivity contribution in [3.63, 3.8) is 0 Å². The van der Waals surface area contributed by atoms with E-state index in [0.717, 1.165) is 29.7 Å². The van der Waals surface area contributed by atoms with E-state index in [1.54, 1.807) is 4.90 Å². The molecule has 1 amide bonds. The summed E-state index contributed by atoms with van der Waals surface area (Å²) in [5.74, 6) is 0.196. The molecule has 1 atom stereocenters. The first-order valence-electron chi connectivity index (χ1n) is 9.35. The monoisotopic (exact) mass is 375 g/mol. The van der Waals surface area contributed by atoms with E-state index in [2.05, 4.69) is 20.8 Å². The second-order valence-corrected chi connectivity index (χ2v) is 11.8. The Morgan fingerprint density at radius 3 is 2.58 bits per heavy atom. The van der Waals surface area contributed by atoms with Crippen molar-refractivity contribution in [1.29, 1.82) is 0 Å². The number of carbonyl (C=O) groups is 2. The lowest BCUT2D eigenvalue weighted by Gasteiger charge is -2.33. The third-order valence-corrected chi connectivity index (χ3v) is 6.77. The standard InChI is InChI=1S/C20H29NO4Si/c1-19(2,3)26-25-20(4,5)17-12-21(18(23)24-17)14-9-10-15-13(11-14)7-6-8-16(15)22/h9-11,17H,6-8,12,26H2,1-5H3/t17-/m1/s1. The molecular formula is C20H29NO4Si. The van der Waals surface area contributed by atoms with Crippen LogP contribution in [0.5, 0.6) is 0 Å². The summed E-state index contributed by atoms with van der Waals surface area (Å²) < 4.78 is 11.8. The molecule has 0 saturated carbocycles. The Kier molecular flexibility index (Phi) is 5.01. The Hall–Kier alpha value is -1.66. The molecule has 1 heterocycles. The van der Waals surface area contributed by atoms with Gasteiger partial charge in [0.15, 0.2) is 15.5 Å². The van der Waals surface area contributed by atoms with Crippen LogP contribution in [-0.2, 0) is 15.6 Å². The van der Waals surface area contributed by atoms with E-state index in [1.165, 1.54) is 0 Å². The highest BCUT2D eigenvalue weighted by molar-refractivity contribution is 6.31. The van der Waals surface area contributed by atoms with Gasteiger partial charge in [-0.1, -0.05) is 20.8 Å². The number of rotatable bonds is 4. The normalized spacial score (nSPS) is 21.4. The van der Waals surface area contributed by atoms with E-state index in [1.807, 2.05) is 32.0 Å². The van der Waals surface area contributed by atoms with Gasteiger partial charge in [0.2, 0.25) is 0 Å². The van der Waals surface area contributed by atoms with Gasteiger partial charge in [-0.2, -0.15) is 0 Å². The number of ketones is 1. The predicted octanol–water partition coefficient (Wildman–Crippen LogP) is 3.63. The minimum absolute atomic E-state index is 0.185. The highest BCUT2D eigenvalue weighted by Crippen LogP contribution is 2.33. The molecule has 1 fully saturated rings. The lowest BCUT2D eigenvalue weighted by Crippen LogP contribution is -2.43. The number of fused-ring (bicyclic) bond motifs is 1. The van der Waals surface area contributed by atoms with Gasteiger partial charge in [0.1, 0.15) is 6.10 Å². The number of hydrogen-bond donors (Lipinski definition) is 0. The van der Waals surface area contributed by atoms with Crippen LogP contribution >= 0.6 is 0 Å². The predicted molar refractivity (Wildman–Crippen MR) is 105 cm³/mol. The van der Waals surface area contributed by atoms with Gasteiger partial charge < -0.3 is 9.16 Å². The summed E-state index contributed by atoms with van der Waals surface area (Å²) >= 11 is 0. The van der Waals surface area contributed by atoms with E-state index in [4.69, 9.17) is 9.16 Å². The Morgan fingerprint density at radius 2 is 1.88 bits per heavy atom. The third kappa shape index (κ3) is 4.01. The summed E-state index contributed by atoms with van der Waals surface area (Å²) in [6.45, 7) is 11.0. The summed E-state index contributed by atoms with van der Waals surface area (Å²) in [5, 5.41) is 0.185. The Balaban J connectivity index is 1.75. The van der Waals surface area contributed by atoms with Gasteiger partial charge in [0.25, 0.3) is 0 Å². The molecule has 1 aliphatic carbocycles. The number of cyclic esters (lactones) is 1. The largest absolute Gasteiger partial charge is 0.441 e. The number of carbonyl (C=O) groups excluding carboxylic acids is 2. The molecule has 6 heteroatoms. The zero-order valence-electron chi connectivity index (χ0n) is 16.4. The molecule has 2 aliphatic rings. The molecule has 5 nitrogen and oxygen atoms in total. The van der Waals surface area contributed by atoms with Crippen LogP contribution in [0.1, 0.15) is 63.4 Å². The maximum absolute atomic E-state index is 12.5. The van der Waals surface area contributed by atoms with Crippen molar-refractivity contribution in [2.75, 3.05) is 11.4 Å². The molecule has 0 aromatic heterocycles. The van der Waals surface area contributed by atoms with Gasteiger partial charge >= 0.3 is 6.09 Å². The number of Topliss-reactive ketones (excluding diaryl/α,β-unsaturated/α-hetero) is 1. The van der Waals surface area contributed by atoms with Crippen LogP contribution in [0, 0.1) is 0 Å². The van der Waals surface area contributed by atoms with Crippen molar-refractivity contribution in [2.24, 2.45) is 0 Å². The summed E-state index contributed by atoms with van der Waals surface area (Å²) in [6, 6.07) is 5.66. The van der Waals surface area contributed by atoms with Gasteiger partial charge in [0.05, 0.1) is 12.1 Å². The zero-order valence-corrected chi connectivity index (χ0v) is 17.8. The highest BCUT2D eigenvalue weighted by Gasteiger charge is 2.43. The van der Waals surface area contributed by atoms with Gasteiger partial charge in [-0.3, -0.25) is 9.69 Å². The molecular weight excluding hydrogens is 346 g/mol. The zero-order chi connectivity index (χ0) is 19.1. The lowest BCUT2D eigenvalue weighted by atomic mass is 9.90. The molecule has 3 rings (SSSR count). The van der Waals surface area contributed by atoms with E-state index < -0.39 is 15.4 Å². The van der Waals surface area contributed by atoms with Crippen LogP contribution in [0.25, 0.3) is 0 Å². The average molecular weight is 376 g/mol. The van der Waals surface area contributed by atoms with Crippen LogP contribution in [0.3, 0.4) is 0 Å². The molecule has 0 spiro atoms. The molecule has 1 aromatic carbocycles. The lowest BCUT2D eigenvalue weighted by molar-refractivity contribution is -0.0133. The van der Waals surface area contributed by atoms with Crippen molar-refractivity contribution in [3.05, 3.63) is 29.3 Å². The number of ether oxygens (including phenoxy) is 1. The Bertz CT molecular complexity index is 723. The fourth-order valence-corrected chi connectivity index (χ4v) is 4.32. The van der Waals surface area contributed by atoms with Crippen molar-refractivity contribution in [3.8, 4) is 0 Å². The number of amides is 1. The molecule has 142 valence electrons. The smallest absolute Gasteiger partial charge is 0.414 e. The van der Waals surface area contributed by atoms with Crippen LogP contribution in [0.2, 0.25) is 5.04 Å².